The zero-order valence-corrected chi connectivity index (χ0v) is 19.3. The van der Waals surface area contributed by atoms with Crippen molar-refractivity contribution in [3.63, 3.8) is 0 Å². The molecular formula is C27H28F4O3. The summed E-state index contributed by atoms with van der Waals surface area (Å²) in [5, 5.41) is 0. The van der Waals surface area contributed by atoms with Crippen LogP contribution in [0.2, 0.25) is 0 Å². The SMILES string of the molecule is COc1ccc(-c2ccc(OCC3CCC(C4=CCC(OC)C(F)=C4F)CC3)c(F)c2F)cc1. The Bertz CT molecular complexity index is 1070. The van der Waals surface area contributed by atoms with Gasteiger partial charge in [-0.1, -0.05) is 18.2 Å². The summed E-state index contributed by atoms with van der Waals surface area (Å²) in [5.74, 6) is -3.05. The maximum absolute atomic E-state index is 14.7. The van der Waals surface area contributed by atoms with Crippen LogP contribution < -0.4 is 9.47 Å². The van der Waals surface area contributed by atoms with E-state index in [1.165, 1.54) is 26.4 Å². The van der Waals surface area contributed by atoms with Gasteiger partial charge in [-0.3, -0.25) is 0 Å². The molecule has 7 heteroatoms. The number of rotatable bonds is 7. The lowest BCUT2D eigenvalue weighted by Crippen LogP contribution is -2.24. The van der Waals surface area contributed by atoms with Gasteiger partial charge >= 0.3 is 0 Å². The van der Waals surface area contributed by atoms with E-state index in [4.69, 9.17) is 14.2 Å². The van der Waals surface area contributed by atoms with Crippen LogP contribution in [0.1, 0.15) is 32.1 Å². The van der Waals surface area contributed by atoms with Gasteiger partial charge in [0.25, 0.3) is 0 Å². The number of allylic oxidation sites excluding steroid dienone is 2. The van der Waals surface area contributed by atoms with Gasteiger partial charge in [0.2, 0.25) is 5.82 Å². The van der Waals surface area contributed by atoms with Gasteiger partial charge in [0.15, 0.2) is 23.2 Å². The summed E-state index contributed by atoms with van der Waals surface area (Å²) < 4.78 is 73.6. The first-order chi connectivity index (χ1) is 16.4. The third-order valence-corrected chi connectivity index (χ3v) is 6.79. The minimum Gasteiger partial charge on any atom is -0.497 e. The molecule has 4 rings (SSSR count). The van der Waals surface area contributed by atoms with E-state index in [1.54, 1.807) is 30.3 Å². The number of ether oxygens (including phenoxy) is 3. The average molecular weight is 477 g/mol. The Morgan fingerprint density at radius 1 is 0.853 bits per heavy atom. The molecule has 1 unspecified atom stereocenters. The Balaban J connectivity index is 1.34. The second kappa shape index (κ2) is 10.6. The summed E-state index contributed by atoms with van der Waals surface area (Å²) in [5.41, 5.74) is 1.10. The van der Waals surface area contributed by atoms with Crippen LogP contribution in [0.4, 0.5) is 17.6 Å². The smallest absolute Gasteiger partial charge is 0.201 e. The molecule has 0 radical (unpaired) electrons. The highest BCUT2D eigenvalue weighted by Crippen LogP contribution is 2.41. The van der Waals surface area contributed by atoms with Crippen molar-refractivity contribution < 1.29 is 31.8 Å². The highest BCUT2D eigenvalue weighted by molar-refractivity contribution is 5.66. The lowest BCUT2D eigenvalue weighted by atomic mass is 9.77. The van der Waals surface area contributed by atoms with E-state index >= 15 is 0 Å². The first kappa shape index (κ1) is 24.3. The lowest BCUT2D eigenvalue weighted by molar-refractivity contribution is 0.107. The largest absolute Gasteiger partial charge is 0.497 e. The van der Waals surface area contributed by atoms with Crippen LogP contribution in [0.25, 0.3) is 11.1 Å². The molecule has 2 aromatic carbocycles. The summed E-state index contributed by atoms with van der Waals surface area (Å²) in [7, 11) is 2.90. The maximum Gasteiger partial charge on any atom is 0.201 e. The molecule has 2 aliphatic carbocycles. The van der Waals surface area contributed by atoms with Gasteiger partial charge < -0.3 is 14.2 Å². The van der Waals surface area contributed by atoms with E-state index < -0.39 is 29.4 Å². The highest BCUT2D eigenvalue weighted by Gasteiger charge is 2.32. The molecule has 182 valence electrons. The molecule has 0 saturated heterocycles. The van der Waals surface area contributed by atoms with Gasteiger partial charge in [-0.15, -0.1) is 0 Å². The number of hydrogen-bond acceptors (Lipinski definition) is 3. The normalized spacial score (nSPS) is 23.0. The molecule has 2 aliphatic rings. The van der Waals surface area contributed by atoms with E-state index in [0.717, 1.165) is 12.8 Å². The van der Waals surface area contributed by atoms with Crippen molar-refractivity contribution in [3.8, 4) is 22.6 Å². The minimum absolute atomic E-state index is 0.0576. The standard InChI is InChI=1S/C27H28F4O3/c1-32-19-9-7-18(8-10-19)21-12-14-23(27(31)25(21)29)34-15-16-3-5-17(6-4-16)20-11-13-22(33-2)26(30)24(20)28/h7-12,14,16-17,22H,3-6,13,15H2,1-2H3. The van der Waals surface area contributed by atoms with Crippen LogP contribution in [-0.4, -0.2) is 26.9 Å². The summed E-state index contributed by atoms with van der Waals surface area (Å²) in [6.45, 7) is 0.239. The molecular weight excluding hydrogens is 448 g/mol. The van der Waals surface area contributed by atoms with Gasteiger partial charge in [-0.05, 0) is 79.3 Å². The average Bonchev–Trinajstić information content (AvgIpc) is 2.87. The quantitative estimate of drug-likeness (QED) is 0.392. The highest BCUT2D eigenvalue weighted by atomic mass is 19.2. The van der Waals surface area contributed by atoms with Crippen molar-refractivity contribution in [1.82, 2.24) is 0 Å². The fourth-order valence-corrected chi connectivity index (χ4v) is 4.74. The zero-order valence-electron chi connectivity index (χ0n) is 19.3. The van der Waals surface area contributed by atoms with Crippen LogP contribution in [0.5, 0.6) is 11.5 Å². The predicted molar refractivity (Wildman–Crippen MR) is 122 cm³/mol. The summed E-state index contributed by atoms with van der Waals surface area (Å²) in [6, 6.07) is 9.63. The second-order valence-electron chi connectivity index (χ2n) is 8.78. The Morgan fingerprint density at radius 2 is 1.56 bits per heavy atom. The fraction of sp³-hybridized carbons (Fsp3) is 0.407. The van der Waals surface area contributed by atoms with Gasteiger partial charge in [0, 0.05) is 12.7 Å². The van der Waals surface area contributed by atoms with E-state index in [0.29, 0.717) is 36.1 Å². The molecule has 0 spiro atoms. The maximum atomic E-state index is 14.7. The molecule has 0 N–H and O–H groups in total. The third-order valence-electron chi connectivity index (χ3n) is 6.79. The minimum atomic E-state index is -1.02. The Labute approximate surface area is 197 Å². The van der Waals surface area contributed by atoms with Crippen molar-refractivity contribution >= 4 is 0 Å². The molecule has 1 saturated carbocycles. The first-order valence-electron chi connectivity index (χ1n) is 11.5. The third kappa shape index (κ3) is 4.99. The van der Waals surface area contributed by atoms with Crippen molar-refractivity contribution in [2.75, 3.05) is 20.8 Å². The zero-order chi connectivity index (χ0) is 24.2. The van der Waals surface area contributed by atoms with E-state index in [-0.39, 0.29) is 29.8 Å². The number of hydrogen-bond donors (Lipinski definition) is 0. The summed E-state index contributed by atoms with van der Waals surface area (Å²) in [4.78, 5) is 0. The molecule has 0 aliphatic heterocycles. The van der Waals surface area contributed by atoms with E-state index in [9.17, 15) is 17.6 Å². The molecule has 0 aromatic heterocycles. The van der Waals surface area contributed by atoms with Crippen LogP contribution >= 0.6 is 0 Å². The number of benzene rings is 2. The molecule has 2 aromatic rings. The topological polar surface area (TPSA) is 27.7 Å². The lowest BCUT2D eigenvalue weighted by Gasteiger charge is -2.31. The van der Waals surface area contributed by atoms with Gasteiger partial charge in [0.05, 0.1) is 13.7 Å². The van der Waals surface area contributed by atoms with Crippen LogP contribution in [-0.2, 0) is 4.74 Å². The Hall–Kier alpha value is -2.80. The van der Waals surface area contributed by atoms with Crippen molar-refractivity contribution in [1.29, 1.82) is 0 Å². The molecule has 0 heterocycles. The van der Waals surface area contributed by atoms with Crippen molar-refractivity contribution in [3.05, 3.63) is 71.3 Å². The Kier molecular flexibility index (Phi) is 7.61. The summed E-state index contributed by atoms with van der Waals surface area (Å²) in [6.07, 6.45) is 4.05. The number of halogens is 4. The second-order valence-corrected chi connectivity index (χ2v) is 8.78. The first-order valence-corrected chi connectivity index (χ1v) is 11.5. The van der Waals surface area contributed by atoms with Crippen molar-refractivity contribution in [2.24, 2.45) is 11.8 Å². The fourth-order valence-electron chi connectivity index (χ4n) is 4.74. The molecule has 0 bridgehead atoms. The molecule has 1 fully saturated rings. The summed E-state index contributed by atoms with van der Waals surface area (Å²) >= 11 is 0. The predicted octanol–water partition coefficient (Wildman–Crippen LogP) is 7.32. The molecule has 34 heavy (non-hydrogen) atoms. The van der Waals surface area contributed by atoms with Crippen LogP contribution in [0.3, 0.4) is 0 Å². The van der Waals surface area contributed by atoms with Crippen LogP contribution in [0, 0.1) is 23.5 Å². The van der Waals surface area contributed by atoms with Gasteiger partial charge in [-0.2, -0.15) is 4.39 Å². The van der Waals surface area contributed by atoms with Gasteiger partial charge in [0.1, 0.15) is 11.9 Å². The van der Waals surface area contributed by atoms with E-state index in [2.05, 4.69) is 0 Å². The van der Waals surface area contributed by atoms with Gasteiger partial charge in [-0.25, -0.2) is 13.2 Å². The molecule has 0 amide bonds. The molecule has 3 nitrogen and oxygen atoms in total. The van der Waals surface area contributed by atoms with Crippen molar-refractivity contribution in [2.45, 2.75) is 38.2 Å². The van der Waals surface area contributed by atoms with Crippen LogP contribution in [0.15, 0.2) is 59.7 Å². The van der Waals surface area contributed by atoms with E-state index in [1.807, 2.05) is 0 Å². The monoisotopic (exact) mass is 476 g/mol. The number of methoxy groups -OCH3 is 2. The molecule has 1 atom stereocenters. The Morgan fingerprint density at radius 3 is 2.21 bits per heavy atom.